The smallest absolute Gasteiger partial charge is 0.228 e. The van der Waals surface area contributed by atoms with E-state index in [0.29, 0.717) is 11.2 Å². The molecule has 0 bridgehead atoms. The van der Waals surface area contributed by atoms with E-state index in [4.69, 9.17) is 5.73 Å². The maximum Gasteiger partial charge on any atom is 0.228 e. The number of nitrogen functional groups attached to an aromatic ring is 1. The molecule has 0 amide bonds. The number of nitrogens with zero attached hydrogens (tertiary/aromatic N) is 3. The summed E-state index contributed by atoms with van der Waals surface area (Å²) in [6.45, 7) is 9.03. The molecule has 1 atom stereocenters. The van der Waals surface area contributed by atoms with Crippen LogP contribution in [0.25, 0.3) is 0 Å². The van der Waals surface area contributed by atoms with Gasteiger partial charge in [-0.1, -0.05) is 20.8 Å². The quantitative estimate of drug-likeness (QED) is 0.803. The van der Waals surface area contributed by atoms with E-state index in [9.17, 15) is 0 Å². The number of rotatable bonds is 1. The van der Waals surface area contributed by atoms with Crippen molar-refractivity contribution < 1.29 is 0 Å². The summed E-state index contributed by atoms with van der Waals surface area (Å²) < 4.78 is 0.756. The number of anilines is 2. The average Bonchev–Trinajstić information content (AvgIpc) is 2.52. The molecule has 1 aromatic heterocycles. The molecule has 19 heavy (non-hydrogen) atoms. The Labute approximate surface area is 123 Å². The Bertz CT molecular complexity index is 421. The zero-order valence-corrected chi connectivity index (χ0v) is 13.6. The van der Waals surface area contributed by atoms with Gasteiger partial charge in [-0.05, 0) is 46.5 Å². The van der Waals surface area contributed by atoms with Gasteiger partial charge in [0.05, 0.1) is 0 Å². The monoisotopic (exact) mass is 326 g/mol. The normalized spacial score (nSPS) is 21.3. The standard InChI is InChI=1S/C14H23BrN4/c1-14(2,3)10-5-4-7-19(8-6-10)13-17-11(15)9-12(16)18-13/h9-10H,4-8H2,1-3H3,(H2,16,17,18). The van der Waals surface area contributed by atoms with Gasteiger partial charge >= 0.3 is 0 Å². The van der Waals surface area contributed by atoms with Crippen LogP contribution in [0.2, 0.25) is 0 Å². The third-order valence-corrected chi connectivity index (χ3v) is 4.34. The number of halogens is 1. The zero-order chi connectivity index (χ0) is 14.0. The maximum absolute atomic E-state index is 5.79. The summed E-state index contributed by atoms with van der Waals surface area (Å²) in [4.78, 5) is 11.0. The van der Waals surface area contributed by atoms with Gasteiger partial charge in [0, 0.05) is 19.2 Å². The van der Waals surface area contributed by atoms with Crippen LogP contribution in [0.1, 0.15) is 40.0 Å². The van der Waals surface area contributed by atoms with E-state index in [1.807, 2.05) is 0 Å². The molecule has 0 radical (unpaired) electrons. The van der Waals surface area contributed by atoms with Crippen LogP contribution >= 0.6 is 15.9 Å². The van der Waals surface area contributed by atoms with Gasteiger partial charge in [0.15, 0.2) is 0 Å². The lowest BCUT2D eigenvalue weighted by Crippen LogP contribution is -2.27. The van der Waals surface area contributed by atoms with Crippen LogP contribution in [0.5, 0.6) is 0 Å². The molecule has 1 unspecified atom stereocenters. The molecule has 2 heterocycles. The van der Waals surface area contributed by atoms with Gasteiger partial charge in [-0.25, -0.2) is 4.98 Å². The van der Waals surface area contributed by atoms with Crippen molar-refractivity contribution in [1.82, 2.24) is 9.97 Å². The van der Waals surface area contributed by atoms with Crippen LogP contribution in [0, 0.1) is 11.3 Å². The van der Waals surface area contributed by atoms with E-state index in [1.54, 1.807) is 6.07 Å². The largest absolute Gasteiger partial charge is 0.383 e. The summed E-state index contributed by atoms with van der Waals surface area (Å²) in [6.07, 6.45) is 3.67. The van der Waals surface area contributed by atoms with Gasteiger partial charge in [0.2, 0.25) is 5.95 Å². The highest BCUT2D eigenvalue weighted by atomic mass is 79.9. The summed E-state index contributed by atoms with van der Waals surface area (Å²) in [6, 6.07) is 1.74. The van der Waals surface area contributed by atoms with E-state index in [1.165, 1.54) is 19.3 Å². The molecule has 106 valence electrons. The Balaban J connectivity index is 2.11. The summed E-state index contributed by atoms with van der Waals surface area (Å²) in [5.74, 6) is 2.04. The molecule has 5 heteroatoms. The van der Waals surface area contributed by atoms with Gasteiger partial charge in [0.25, 0.3) is 0 Å². The van der Waals surface area contributed by atoms with Crippen LogP contribution in [-0.4, -0.2) is 23.1 Å². The number of hydrogen-bond acceptors (Lipinski definition) is 4. The number of nitrogens with two attached hydrogens (primary N) is 1. The zero-order valence-electron chi connectivity index (χ0n) is 12.0. The van der Waals surface area contributed by atoms with Crippen molar-refractivity contribution in [2.45, 2.75) is 40.0 Å². The molecule has 1 fully saturated rings. The Morgan fingerprint density at radius 2 is 2.00 bits per heavy atom. The highest BCUT2D eigenvalue weighted by molar-refractivity contribution is 9.10. The van der Waals surface area contributed by atoms with Gasteiger partial charge in [-0.15, -0.1) is 0 Å². The lowest BCUT2D eigenvalue weighted by atomic mass is 9.77. The molecule has 4 nitrogen and oxygen atoms in total. The molecule has 1 aliphatic rings. The molecule has 1 aliphatic heterocycles. The van der Waals surface area contributed by atoms with Crippen LogP contribution in [-0.2, 0) is 0 Å². The minimum atomic E-state index is 0.382. The second-order valence-electron chi connectivity index (χ2n) is 6.40. The summed E-state index contributed by atoms with van der Waals surface area (Å²) in [5, 5.41) is 0. The van der Waals surface area contributed by atoms with E-state index < -0.39 is 0 Å². The van der Waals surface area contributed by atoms with Crippen molar-refractivity contribution in [2.75, 3.05) is 23.7 Å². The van der Waals surface area contributed by atoms with Crippen LogP contribution in [0.4, 0.5) is 11.8 Å². The van der Waals surface area contributed by atoms with Gasteiger partial charge in [-0.3, -0.25) is 0 Å². The van der Waals surface area contributed by atoms with Crippen molar-refractivity contribution >= 4 is 27.7 Å². The van der Waals surface area contributed by atoms with Crippen LogP contribution < -0.4 is 10.6 Å². The SMILES string of the molecule is CC(C)(C)C1CCCN(c2nc(N)cc(Br)n2)CC1. The molecule has 1 saturated heterocycles. The molecule has 1 aromatic rings. The third-order valence-electron chi connectivity index (χ3n) is 3.94. The van der Waals surface area contributed by atoms with Crippen molar-refractivity contribution in [1.29, 1.82) is 0 Å². The second-order valence-corrected chi connectivity index (χ2v) is 7.21. The van der Waals surface area contributed by atoms with E-state index >= 15 is 0 Å². The van der Waals surface area contributed by atoms with E-state index in [-0.39, 0.29) is 0 Å². The first-order valence-corrected chi connectivity index (χ1v) is 7.70. The Kier molecular flexibility index (Phi) is 4.33. The highest BCUT2D eigenvalue weighted by Crippen LogP contribution is 2.34. The van der Waals surface area contributed by atoms with Crippen LogP contribution in [0.15, 0.2) is 10.7 Å². The fourth-order valence-electron chi connectivity index (χ4n) is 2.73. The van der Waals surface area contributed by atoms with Crippen molar-refractivity contribution in [3.05, 3.63) is 10.7 Å². The predicted octanol–water partition coefficient (Wildman–Crippen LogP) is 3.47. The van der Waals surface area contributed by atoms with Crippen LogP contribution in [0.3, 0.4) is 0 Å². The van der Waals surface area contributed by atoms with Gasteiger partial charge in [-0.2, -0.15) is 4.98 Å². The molecule has 2 rings (SSSR count). The maximum atomic E-state index is 5.79. The Morgan fingerprint density at radius 1 is 1.26 bits per heavy atom. The first kappa shape index (κ1) is 14.6. The first-order valence-electron chi connectivity index (χ1n) is 6.91. The minimum Gasteiger partial charge on any atom is -0.383 e. The highest BCUT2D eigenvalue weighted by Gasteiger charge is 2.27. The molecule has 0 spiro atoms. The predicted molar refractivity (Wildman–Crippen MR) is 83.2 cm³/mol. The molecular weight excluding hydrogens is 304 g/mol. The molecule has 0 aliphatic carbocycles. The fourth-order valence-corrected chi connectivity index (χ4v) is 3.12. The third kappa shape index (κ3) is 3.81. The Morgan fingerprint density at radius 3 is 2.63 bits per heavy atom. The molecule has 2 N–H and O–H groups in total. The second kappa shape index (κ2) is 5.65. The summed E-state index contributed by atoms with van der Waals surface area (Å²) in [7, 11) is 0. The lowest BCUT2D eigenvalue weighted by Gasteiger charge is -2.29. The van der Waals surface area contributed by atoms with E-state index in [0.717, 1.165) is 29.6 Å². The Hall–Kier alpha value is -0.840. The topological polar surface area (TPSA) is 55.0 Å². The summed E-state index contributed by atoms with van der Waals surface area (Å²) in [5.41, 5.74) is 6.18. The first-order chi connectivity index (χ1) is 8.86. The lowest BCUT2D eigenvalue weighted by molar-refractivity contribution is 0.220. The molecule has 0 aromatic carbocycles. The fraction of sp³-hybridized carbons (Fsp3) is 0.714. The number of hydrogen-bond donors (Lipinski definition) is 1. The minimum absolute atomic E-state index is 0.382. The van der Waals surface area contributed by atoms with E-state index in [2.05, 4.69) is 51.6 Å². The average molecular weight is 327 g/mol. The summed E-state index contributed by atoms with van der Waals surface area (Å²) >= 11 is 3.38. The van der Waals surface area contributed by atoms with Crippen molar-refractivity contribution in [3.8, 4) is 0 Å². The molecule has 0 saturated carbocycles. The van der Waals surface area contributed by atoms with Crippen molar-refractivity contribution in [2.24, 2.45) is 11.3 Å². The van der Waals surface area contributed by atoms with Crippen molar-refractivity contribution in [3.63, 3.8) is 0 Å². The van der Waals surface area contributed by atoms with Gasteiger partial charge in [0.1, 0.15) is 10.4 Å². The van der Waals surface area contributed by atoms with Gasteiger partial charge < -0.3 is 10.6 Å². The number of aromatic nitrogens is 2. The molecular formula is C14H23BrN4.